The molecule has 23 heavy (non-hydrogen) atoms. The Morgan fingerprint density at radius 2 is 1.91 bits per heavy atom. The minimum absolute atomic E-state index is 0.111. The molecule has 1 aliphatic heterocycles. The summed E-state index contributed by atoms with van der Waals surface area (Å²) in [6.07, 6.45) is 0. The summed E-state index contributed by atoms with van der Waals surface area (Å²) in [5.41, 5.74) is 0.297. The summed E-state index contributed by atoms with van der Waals surface area (Å²) in [6.45, 7) is 0.415. The maximum Gasteiger partial charge on any atom is 0.323 e. The van der Waals surface area contributed by atoms with E-state index in [0.29, 0.717) is 23.9 Å². The molecule has 1 atom stereocenters. The van der Waals surface area contributed by atoms with Gasteiger partial charge in [0.2, 0.25) is 0 Å². The van der Waals surface area contributed by atoms with Crippen LogP contribution in [0.3, 0.4) is 0 Å². The van der Waals surface area contributed by atoms with Crippen LogP contribution >= 0.6 is 11.8 Å². The molecule has 1 fully saturated rings. The monoisotopic (exact) mass is 338 g/mol. The molecule has 0 radical (unpaired) electrons. The summed E-state index contributed by atoms with van der Waals surface area (Å²) in [6, 6.07) is 8.61. The van der Waals surface area contributed by atoms with Crippen molar-refractivity contribution in [2.75, 3.05) is 17.6 Å². The third-order valence-corrected chi connectivity index (χ3v) is 4.74. The second kappa shape index (κ2) is 6.54. The lowest BCUT2D eigenvalue weighted by atomic mass is 10.2. The number of hydrogen-bond donors (Lipinski definition) is 1. The van der Waals surface area contributed by atoms with Gasteiger partial charge in [-0.05, 0) is 18.2 Å². The first-order valence-electron chi connectivity index (χ1n) is 6.95. The van der Waals surface area contributed by atoms with Gasteiger partial charge in [-0.2, -0.15) is 0 Å². The Morgan fingerprint density at radius 1 is 1.13 bits per heavy atom. The number of hydrogen-bond acceptors (Lipinski definition) is 2. The topological polar surface area (TPSA) is 32.3 Å². The first-order chi connectivity index (χ1) is 11.1. The zero-order chi connectivity index (χ0) is 16.4. The number of benzene rings is 2. The number of halogens is 3. The zero-order valence-electron chi connectivity index (χ0n) is 11.9. The molecular weight excluding hydrogens is 325 g/mol. The Hall–Kier alpha value is -2.15. The predicted octanol–water partition coefficient (Wildman–Crippen LogP) is 4.38. The van der Waals surface area contributed by atoms with Crippen molar-refractivity contribution in [3.63, 3.8) is 0 Å². The van der Waals surface area contributed by atoms with Crippen molar-refractivity contribution in [3.8, 4) is 0 Å². The van der Waals surface area contributed by atoms with Crippen molar-refractivity contribution in [2.24, 2.45) is 0 Å². The van der Waals surface area contributed by atoms with Gasteiger partial charge in [0.15, 0.2) is 0 Å². The molecule has 1 N–H and O–H groups in total. The molecule has 0 aromatic heterocycles. The summed E-state index contributed by atoms with van der Waals surface area (Å²) in [5.74, 6) is -1.31. The number of amides is 2. The quantitative estimate of drug-likeness (QED) is 0.881. The number of carbonyl (C=O) groups excluding carboxylic acids is 1. The standard InChI is InChI=1S/C16H13F3N2OS/c17-10-5-6-14(13(19)9-10)20-16(22)21-7-8-23-15(21)11-3-1-2-4-12(11)18/h1-6,9,15H,7-8H2,(H,20,22)/t15-/m0/s1. The van der Waals surface area contributed by atoms with E-state index in [1.807, 2.05) is 0 Å². The molecular formula is C16H13F3N2OS. The van der Waals surface area contributed by atoms with E-state index in [0.717, 1.165) is 12.1 Å². The van der Waals surface area contributed by atoms with Crippen LogP contribution in [-0.4, -0.2) is 23.2 Å². The maximum atomic E-state index is 13.9. The van der Waals surface area contributed by atoms with Crippen LogP contribution in [0.4, 0.5) is 23.7 Å². The van der Waals surface area contributed by atoms with E-state index in [4.69, 9.17) is 0 Å². The molecule has 7 heteroatoms. The molecule has 3 nitrogen and oxygen atoms in total. The summed E-state index contributed by atoms with van der Waals surface area (Å²) < 4.78 is 40.5. The molecule has 120 valence electrons. The summed E-state index contributed by atoms with van der Waals surface area (Å²) in [7, 11) is 0. The molecule has 0 spiro atoms. The van der Waals surface area contributed by atoms with Crippen LogP contribution in [0.5, 0.6) is 0 Å². The van der Waals surface area contributed by atoms with Gasteiger partial charge in [0, 0.05) is 23.9 Å². The molecule has 0 unspecified atom stereocenters. The molecule has 1 aliphatic rings. The third-order valence-electron chi connectivity index (χ3n) is 3.50. The minimum atomic E-state index is -0.854. The van der Waals surface area contributed by atoms with Crippen molar-refractivity contribution in [1.29, 1.82) is 0 Å². The molecule has 0 bridgehead atoms. The molecule has 1 heterocycles. The molecule has 0 saturated carbocycles. The maximum absolute atomic E-state index is 13.9. The number of urea groups is 1. The van der Waals surface area contributed by atoms with E-state index >= 15 is 0 Å². The van der Waals surface area contributed by atoms with Crippen LogP contribution in [0.25, 0.3) is 0 Å². The molecule has 1 saturated heterocycles. The van der Waals surface area contributed by atoms with Gasteiger partial charge in [0.05, 0.1) is 5.69 Å². The lowest BCUT2D eigenvalue weighted by Gasteiger charge is -2.24. The van der Waals surface area contributed by atoms with Crippen LogP contribution in [-0.2, 0) is 0 Å². The smallest absolute Gasteiger partial charge is 0.307 e. The fourth-order valence-electron chi connectivity index (χ4n) is 2.39. The van der Waals surface area contributed by atoms with Crippen LogP contribution in [0, 0.1) is 17.5 Å². The van der Waals surface area contributed by atoms with Crippen LogP contribution in [0.1, 0.15) is 10.9 Å². The lowest BCUT2D eigenvalue weighted by Crippen LogP contribution is -2.34. The van der Waals surface area contributed by atoms with Crippen LogP contribution < -0.4 is 5.32 Å². The van der Waals surface area contributed by atoms with Crippen molar-refractivity contribution in [2.45, 2.75) is 5.37 Å². The minimum Gasteiger partial charge on any atom is -0.307 e. The first kappa shape index (κ1) is 15.7. The molecule has 2 amide bonds. The van der Waals surface area contributed by atoms with Crippen molar-refractivity contribution in [3.05, 3.63) is 65.5 Å². The van der Waals surface area contributed by atoms with E-state index in [9.17, 15) is 18.0 Å². The van der Waals surface area contributed by atoms with Gasteiger partial charge in [0.25, 0.3) is 0 Å². The molecule has 3 rings (SSSR count). The fraction of sp³-hybridized carbons (Fsp3) is 0.188. The normalized spacial score (nSPS) is 17.3. The number of nitrogens with one attached hydrogen (secondary N) is 1. The average Bonchev–Trinajstić information content (AvgIpc) is 3.00. The lowest BCUT2D eigenvalue weighted by molar-refractivity contribution is 0.213. The first-order valence-corrected chi connectivity index (χ1v) is 8.00. The Morgan fingerprint density at radius 3 is 2.65 bits per heavy atom. The second-order valence-electron chi connectivity index (χ2n) is 4.99. The summed E-state index contributed by atoms with van der Waals surface area (Å²) in [5, 5.41) is 1.94. The average molecular weight is 338 g/mol. The van der Waals surface area contributed by atoms with Gasteiger partial charge in [0.1, 0.15) is 22.8 Å². The van der Waals surface area contributed by atoms with Gasteiger partial charge in [-0.25, -0.2) is 18.0 Å². The number of rotatable bonds is 2. The van der Waals surface area contributed by atoms with Gasteiger partial charge in [-0.3, -0.25) is 0 Å². The predicted molar refractivity (Wildman–Crippen MR) is 83.7 cm³/mol. The van der Waals surface area contributed by atoms with Gasteiger partial charge < -0.3 is 10.2 Å². The summed E-state index contributed by atoms with van der Waals surface area (Å²) in [4.78, 5) is 13.8. The highest BCUT2D eigenvalue weighted by Crippen LogP contribution is 2.39. The SMILES string of the molecule is O=C(Nc1ccc(F)cc1F)N1CCS[C@H]1c1ccccc1F. The highest BCUT2D eigenvalue weighted by Gasteiger charge is 2.32. The third kappa shape index (κ3) is 3.29. The Bertz CT molecular complexity index is 741. The highest BCUT2D eigenvalue weighted by atomic mass is 32.2. The Kier molecular flexibility index (Phi) is 4.47. The Labute approximate surface area is 135 Å². The van der Waals surface area contributed by atoms with E-state index < -0.39 is 28.9 Å². The van der Waals surface area contributed by atoms with Crippen molar-refractivity contribution >= 4 is 23.5 Å². The van der Waals surface area contributed by atoms with E-state index in [1.54, 1.807) is 18.2 Å². The number of nitrogens with zero attached hydrogens (tertiary/aromatic N) is 1. The molecule has 2 aromatic carbocycles. The fourth-order valence-corrected chi connectivity index (χ4v) is 3.67. The number of anilines is 1. The largest absolute Gasteiger partial charge is 0.323 e. The van der Waals surface area contributed by atoms with Crippen LogP contribution in [0.15, 0.2) is 42.5 Å². The van der Waals surface area contributed by atoms with Crippen LogP contribution in [0.2, 0.25) is 0 Å². The van der Waals surface area contributed by atoms with Crippen molar-refractivity contribution < 1.29 is 18.0 Å². The summed E-state index contributed by atoms with van der Waals surface area (Å²) >= 11 is 1.43. The zero-order valence-corrected chi connectivity index (χ0v) is 12.7. The van der Waals surface area contributed by atoms with Gasteiger partial charge in [-0.1, -0.05) is 18.2 Å². The van der Waals surface area contributed by atoms with Gasteiger partial charge in [-0.15, -0.1) is 11.8 Å². The molecule has 2 aromatic rings. The van der Waals surface area contributed by atoms with Gasteiger partial charge >= 0.3 is 6.03 Å². The van der Waals surface area contributed by atoms with E-state index in [2.05, 4.69) is 5.32 Å². The second-order valence-corrected chi connectivity index (χ2v) is 6.18. The highest BCUT2D eigenvalue weighted by molar-refractivity contribution is 7.99. The number of thioether (sulfide) groups is 1. The molecule has 0 aliphatic carbocycles. The van der Waals surface area contributed by atoms with E-state index in [1.165, 1.54) is 22.7 Å². The Balaban J connectivity index is 1.80. The van der Waals surface area contributed by atoms with Crippen molar-refractivity contribution in [1.82, 2.24) is 4.90 Å². The number of carbonyl (C=O) groups is 1. The van der Waals surface area contributed by atoms with E-state index in [-0.39, 0.29) is 5.69 Å².